The molecule has 2 heterocycles. The molecule has 1 aromatic carbocycles. The Balaban J connectivity index is 1.24. The number of benzene rings is 1. The van der Waals surface area contributed by atoms with Gasteiger partial charge in [0.25, 0.3) is 0 Å². The van der Waals surface area contributed by atoms with Crippen molar-refractivity contribution in [2.24, 2.45) is 10.9 Å². The third kappa shape index (κ3) is 4.51. The third-order valence-electron chi connectivity index (χ3n) is 6.79. The highest BCUT2D eigenvalue weighted by atomic mass is 16.2. The van der Waals surface area contributed by atoms with Gasteiger partial charge in [-0.2, -0.15) is 0 Å². The molecule has 2 N–H and O–H groups in total. The van der Waals surface area contributed by atoms with E-state index >= 15 is 0 Å². The minimum Gasteiger partial charge on any atom is -0.366 e. The Labute approximate surface area is 174 Å². The van der Waals surface area contributed by atoms with E-state index in [1.165, 1.54) is 24.1 Å². The van der Waals surface area contributed by atoms with Crippen LogP contribution in [0.2, 0.25) is 0 Å². The van der Waals surface area contributed by atoms with Gasteiger partial charge < -0.3 is 20.4 Å². The molecule has 1 aliphatic carbocycles. The van der Waals surface area contributed by atoms with Crippen molar-refractivity contribution < 1.29 is 4.79 Å². The minimum atomic E-state index is 0.273. The van der Waals surface area contributed by atoms with E-state index in [1.54, 1.807) is 0 Å². The molecular formula is C23H35N5O. The van der Waals surface area contributed by atoms with Crippen LogP contribution in [0.15, 0.2) is 29.3 Å². The molecule has 1 amide bonds. The van der Waals surface area contributed by atoms with E-state index in [4.69, 9.17) is 0 Å². The third-order valence-corrected chi connectivity index (χ3v) is 6.79. The predicted molar refractivity (Wildman–Crippen MR) is 118 cm³/mol. The molecule has 0 bridgehead atoms. The topological polar surface area (TPSA) is 60.0 Å². The first-order valence-electron chi connectivity index (χ1n) is 11.3. The highest BCUT2D eigenvalue weighted by molar-refractivity contribution is 5.81. The Morgan fingerprint density at radius 2 is 2.00 bits per heavy atom. The number of anilines is 1. The SMILES string of the molecule is CN=C(NCC(C)N1CCc2ccccc21)NC1CCN(C(=O)C2CCCC2)C1. The predicted octanol–water partition coefficient (Wildman–Crippen LogP) is 2.39. The van der Waals surface area contributed by atoms with E-state index in [1.807, 2.05) is 7.05 Å². The molecule has 2 fully saturated rings. The average Bonchev–Trinajstić information content (AvgIpc) is 3.50. The maximum Gasteiger partial charge on any atom is 0.225 e. The second kappa shape index (κ2) is 9.06. The Kier molecular flexibility index (Phi) is 6.26. The van der Waals surface area contributed by atoms with E-state index in [0.29, 0.717) is 11.9 Å². The van der Waals surface area contributed by atoms with Crippen LogP contribution in [0.1, 0.15) is 44.6 Å². The van der Waals surface area contributed by atoms with Gasteiger partial charge >= 0.3 is 0 Å². The lowest BCUT2D eigenvalue weighted by Crippen LogP contribution is -2.49. The standard InChI is InChI=1S/C23H35N5O/c1-17(28-14-11-18-7-5-6-10-21(18)28)15-25-23(24-2)26-20-12-13-27(16-20)22(29)19-8-3-4-9-19/h5-7,10,17,19-20H,3-4,8-9,11-16H2,1-2H3,(H2,24,25,26). The van der Waals surface area contributed by atoms with Crippen molar-refractivity contribution in [1.82, 2.24) is 15.5 Å². The van der Waals surface area contributed by atoms with Gasteiger partial charge in [0, 0.05) is 56.9 Å². The molecule has 0 radical (unpaired) electrons. The van der Waals surface area contributed by atoms with E-state index in [9.17, 15) is 4.79 Å². The highest BCUT2D eigenvalue weighted by Crippen LogP contribution is 2.29. The lowest BCUT2D eigenvalue weighted by molar-refractivity contribution is -0.134. The number of nitrogens with one attached hydrogen (secondary N) is 2. The summed E-state index contributed by atoms with van der Waals surface area (Å²) in [6, 6.07) is 9.38. The van der Waals surface area contributed by atoms with Crippen molar-refractivity contribution in [1.29, 1.82) is 0 Å². The van der Waals surface area contributed by atoms with Gasteiger partial charge in [-0.1, -0.05) is 31.0 Å². The first kappa shape index (κ1) is 20.0. The summed E-state index contributed by atoms with van der Waals surface area (Å²) in [6.07, 6.45) is 6.70. The summed E-state index contributed by atoms with van der Waals surface area (Å²) in [4.78, 5) is 21.6. The fraction of sp³-hybridized carbons (Fsp3) is 0.652. The van der Waals surface area contributed by atoms with Gasteiger partial charge in [-0.15, -0.1) is 0 Å². The number of para-hydroxylation sites is 1. The molecule has 4 rings (SSSR count). The fourth-order valence-electron chi connectivity index (χ4n) is 5.07. The molecule has 6 nitrogen and oxygen atoms in total. The van der Waals surface area contributed by atoms with Gasteiger partial charge in [-0.05, 0) is 44.2 Å². The maximum atomic E-state index is 12.7. The van der Waals surface area contributed by atoms with E-state index in [-0.39, 0.29) is 12.0 Å². The number of hydrogen-bond donors (Lipinski definition) is 2. The van der Waals surface area contributed by atoms with Crippen molar-refractivity contribution in [3.8, 4) is 0 Å². The number of carbonyl (C=O) groups excluding carboxylic acids is 1. The number of amides is 1. The highest BCUT2D eigenvalue weighted by Gasteiger charge is 2.32. The van der Waals surface area contributed by atoms with E-state index in [0.717, 1.165) is 57.8 Å². The first-order chi connectivity index (χ1) is 14.2. The minimum absolute atomic E-state index is 0.273. The summed E-state index contributed by atoms with van der Waals surface area (Å²) in [5.41, 5.74) is 2.81. The molecule has 2 aliphatic heterocycles. The molecule has 0 spiro atoms. The van der Waals surface area contributed by atoms with E-state index < -0.39 is 0 Å². The number of nitrogens with zero attached hydrogens (tertiary/aromatic N) is 3. The van der Waals surface area contributed by atoms with Crippen molar-refractivity contribution in [3.05, 3.63) is 29.8 Å². The molecule has 29 heavy (non-hydrogen) atoms. The number of hydrogen-bond acceptors (Lipinski definition) is 3. The smallest absolute Gasteiger partial charge is 0.225 e. The number of aliphatic imine (C=N–C) groups is 1. The van der Waals surface area contributed by atoms with Crippen molar-refractivity contribution in [2.45, 2.75) is 57.5 Å². The van der Waals surface area contributed by atoms with Gasteiger partial charge in [0.05, 0.1) is 0 Å². The van der Waals surface area contributed by atoms with Gasteiger partial charge in [0.15, 0.2) is 5.96 Å². The molecule has 2 atom stereocenters. The summed E-state index contributed by atoms with van der Waals surface area (Å²) >= 11 is 0. The van der Waals surface area contributed by atoms with Crippen molar-refractivity contribution in [3.63, 3.8) is 0 Å². The zero-order valence-corrected chi connectivity index (χ0v) is 17.9. The van der Waals surface area contributed by atoms with Crippen LogP contribution in [0.4, 0.5) is 5.69 Å². The van der Waals surface area contributed by atoms with Crippen LogP contribution in [0.5, 0.6) is 0 Å². The Morgan fingerprint density at radius 3 is 2.79 bits per heavy atom. The van der Waals surface area contributed by atoms with Crippen molar-refractivity contribution in [2.75, 3.05) is 38.1 Å². The average molecular weight is 398 g/mol. The second-order valence-electron chi connectivity index (χ2n) is 8.77. The molecule has 3 aliphatic rings. The zero-order valence-electron chi connectivity index (χ0n) is 17.9. The lowest BCUT2D eigenvalue weighted by Gasteiger charge is -2.28. The number of carbonyl (C=O) groups is 1. The summed E-state index contributed by atoms with van der Waals surface area (Å²) < 4.78 is 0. The number of rotatable bonds is 5. The molecule has 0 aromatic heterocycles. The van der Waals surface area contributed by atoms with Gasteiger partial charge in [-0.3, -0.25) is 9.79 Å². The Hall–Kier alpha value is -2.24. The van der Waals surface area contributed by atoms with E-state index in [2.05, 4.69) is 56.6 Å². The van der Waals surface area contributed by atoms with Crippen LogP contribution in [0.25, 0.3) is 0 Å². The van der Waals surface area contributed by atoms with Crippen LogP contribution in [-0.4, -0.2) is 62.1 Å². The van der Waals surface area contributed by atoms with Crippen LogP contribution >= 0.6 is 0 Å². The number of fused-ring (bicyclic) bond motifs is 1. The summed E-state index contributed by atoms with van der Waals surface area (Å²) in [6.45, 7) is 5.84. The summed E-state index contributed by atoms with van der Waals surface area (Å²) in [5.74, 6) is 1.48. The molecule has 1 aromatic rings. The number of guanidine groups is 1. The molecule has 158 valence electrons. The van der Waals surface area contributed by atoms with Crippen molar-refractivity contribution >= 4 is 17.6 Å². The van der Waals surface area contributed by atoms with Gasteiger partial charge in [0.1, 0.15) is 0 Å². The van der Waals surface area contributed by atoms with Gasteiger partial charge in [0.2, 0.25) is 5.91 Å². The fourth-order valence-corrected chi connectivity index (χ4v) is 5.07. The second-order valence-corrected chi connectivity index (χ2v) is 8.77. The van der Waals surface area contributed by atoms with Crippen LogP contribution in [0.3, 0.4) is 0 Å². The lowest BCUT2D eigenvalue weighted by atomic mass is 10.1. The monoisotopic (exact) mass is 397 g/mol. The maximum absolute atomic E-state index is 12.7. The zero-order chi connectivity index (χ0) is 20.2. The summed E-state index contributed by atoms with van der Waals surface area (Å²) in [7, 11) is 1.82. The van der Waals surface area contributed by atoms with Crippen LogP contribution in [0, 0.1) is 5.92 Å². The molecule has 1 saturated heterocycles. The Bertz CT molecular complexity index is 743. The molecule has 6 heteroatoms. The quantitative estimate of drug-likeness (QED) is 0.592. The molecule has 1 saturated carbocycles. The first-order valence-corrected chi connectivity index (χ1v) is 11.3. The normalized spacial score (nSPS) is 23.4. The summed E-state index contributed by atoms with van der Waals surface area (Å²) in [5, 5.41) is 7.03. The number of likely N-dealkylation sites (tertiary alicyclic amines) is 1. The van der Waals surface area contributed by atoms with Gasteiger partial charge in [-0.25, -0.2) is 0 Å². The molecular weight excluding hydrogens is 362 g/mol. The Morgan fingerprint density at radius 1 is 1.21 bits per heavy atom. The molecule has 2 unspecified atom stereocenters. The van der Waals surface area contributed by atoms with Crippen LogP contribution < -0.4 is 15.5 Å². The van der Waals surface area contributed by atoms with Crippen LogP contribution in [-0.2, 0) is 11.2 Å². The largest absolute Gasteiger partial charge is 0.366 e.